The number of nitrogens with two attached hydrogens (primary N) is 1. The average molecular weight is 307 g/mol. The van der Waals surface area contributed by atoms with Gasteiger partial charge < -0.3 is 10.6 Å². The molecular formula is C17H17N5O. The molecule has 0 spiro atoms. The fourth-order valence-electron chi connectivity index (χ4n) is 2.79. The van der Waals surface area contributed by atoms with Gasteiger partial charge in [-0.2, -0.15) is 4.98 Å². The van der Waals surface area contributed by atoms with Gasteiger partial charge in [0, 0.05) is 18.7 Å². The van der Waals surface area contributed by atoms with Crippen molar-refractivity contribution in [1.82, 2.24) is 19.5 Å². The van der Waals surface area contributed by atoms with Crippen LogP contribution >= 0.6 is 0 Å². The summed E-state index contributed by atoms with van der Waals surface area (Å²) >= 11 is 0. The van der Waals surface area contributed by atoms with Gasteiger partial charge in [-0.05, 0) is 24.1 Å². The number of aromatic nitrogens is 3. The molecule has 3 aromatic rings. The summed E-state index contributed by atoms with van der Waals surface area (Å²) in [7, 11) is 0. The first-order valence-electron chi connectivity index (χ1n) is 7.69. The van der Waals surface area contributed by atoms with Crippen molar-refractivity contribution in [1.29, 1.82) is 0 Å². The van der Waals surface area contributed by atoms with Crippen LogP contribution in [0.25, 0.3) is 16.9 Å². The number of amides is 1. The third-order valence-electron chi connectivity index (χ3n) is 4.19. The van der Waals surface area contributed by atoms with Gasteiger partial charge in [-0.1, -0.05) is 30.3 Å². The van der Waals surface area contributed by atoms with Crippen LogP contribution < -0.4 is 5.73 Å². The smallest absolute Gasteiger partial charge is 0.240 e. The minimum Gasteiger partial charge on any atom is -0.366 e. The number of hydrogen-bond acceptors (Lipinski definition) is 4. The van der Waals surface area contributed by atoms with E-state index in [0.717, 1.165) is 42.0 Å². The lowest BCUT2D eigenvalue weighted by molar-refractivity contribution is -0.133. The number of fused-ring (bicyclic) bond motifs is 1. The summed E-state index contributed by atoms with van der Waals surface area (Å²) in [6.45, 7) is 1.79. The molecule has 1 amide bonds. The molecule has 1 fully saturated rings. The zero-order valence-corrected chi connectivity index (χ0v) is 12.6. The minimum absolute atomic E-state index is 0.204. The molecule has 1 aliphatic rings. The summed E-state index contributed by atoms with van der Waals surface area (Å²) in [5, 5.41) is 4.22. The van der Waals surface area contributed by atoms with Crippen molar-refractivity contribution in [3.8, 4) is 11.3 Å². The van der Waals surface area contributed by atoms with Crippen LogP contribution in [0, 0.1) is 0 Å². The molecule has 2 N–H and O–H groups in total. The molecule has 1 saturated heterocycles. The van der Waals surface area contributed by atoms with Crippen LogP contribution in [0.5, 0.6) is 0 Å². The summed E-state index contributed by atoms with van der Waals surface area (Å²) in [6, 6.07) is 13.8. The van der Waals surface area contributed by atoms with Crippen molar-refractivity contribution >= 4 is 17.5 Å². The zero-order valence-electron chi connectivity index (χ0n) is 12.6. The molecule has 116 valence electrons. The molecule has 3 heterocycles. The predicted octanol–water partition coefficient (Wildman–Crippen LogP) is 1.75. The van der Waals surface area contributed by atoms with Gasteiger partial charge in [-0.15, -0.1) is 5.10 Å². The molecule has 0 radical (unpaired) electrons. The molecule has 0 aliphatic carbocycles. The van der Waals surface area contributed by atoms with Crippen LogP contribution in [0.2, 0.25) is 0 Å². The molecular weight excluding hydrogens is 290 g/mol. The van der Waals surface area contributed by atoms with Gasteiger partial charge in [0.25, 0.3) is 0 Å². The van der Waals surface area contributed by atoms with Gasteiger partial charge in [-0.3, -0.25) is 4.79 Å². The van der Waals surface area contributed by atoms with Crippen LogP contribution in [0.4, 0.5) is 5.95 Å². The third-order valence-corrected chi connectivity index (χ3v) is 4.19. The number of benzene rings is 1. The van der Waals surface area contributed by atoms with Crippen molar-refractivity contribution in [2.75, 3.05) is 18.8 Å². The number of pyridine rings is 1. The first-order valence-corrected chi connectivity index (χ1v) is 7.69. The summed E-state index contributed by atoms with van der Waals surface area (Å²) < 4.78 is 1.73. The second kappa shape index (κ2) is 5.39. The highest BCUT2D eigenvalue weighted by molar-refractivity contribution is 5.79. The lowest BCUT2D eigenvalue weighted by Gasteiger charge is -2.30. The first-order chi connectivity index (χ1) is 11.2. The van der Waals surface area contributed by atoms with Crippen LogP contribution in [-0.2, 0) is 11.2 Å². The highest BCUT2D eigenvalue weighted by atomic mass is 16.2. The standard InChI is InChI=1S/C17H17N5O/c18-17-19-15-4-1-3-14(22(15)20-17)13-7-5-12(6-8-13)11-16(23)21-9-2-10-21/h1,3-8H,2,9-11H2,(H2,18,20). The number of nitrogen functional groups attached to an aromatic ring is 1. The summed E-state index contributed by atoms with van der Waals surface area (Å²) in [4.78, 5) is 18.1. The maximum atomic E-state index is 12.0. The second-order valence-electron chi connectivity index (χ2n) is 5.76. The fraction of sp³-hybridized carbons (Fsp3) is 0.235. The van der Waals surface area contributed by atoms with Crippen molar-refractivity contribution < 1.29 is 4.79 Å². The molecule has 0 saturated carbocycles. The van der Waals surface area contributed by atoms with Crippen LogP contribution in [0.15, 0.2) is 42.5 Å². The lowest BCUT2D eigenvalue weighted by atomic mass is 10.0. The van der Waals surface area contributed by atoms with Gasteiger partial charge in [-0.25, -0.2) is 4.52 Å². The topological polar surface area (TPSA) is 76.5 Å². The van der Waals surface area contributed by atoms with Crippen molar-refractivity contribution in [3.63, 3.8) is 0 Å². The Kier molecular flexibility index (Phi) is 3.22. The number of nitrogens with zero attached hydrogens (tertiary/aromatic N) is 4. The van der Waals surface area contributed by atoms with E-state index >= 15 is 0 Å². The third kappa shape index (κ3) is 2.52. The maximum Gasteiger partial charge on any atom is 0.240 e. The Labute approximate surface area is 133 Å². The average Bonchev–Trinajstić information content (AvgIpc) is 2.86. The zero-order chi connectivity index (χ0) is 15.8. The number of carbonyl (C=O) groups excluding carboxylic acids is 1. The highest BCUT2D eigenvalue weighted by Gasteiger charge is 2.20. The summed E-state index contributed by atoms with van der Waals surface area (Å²) in [6.07, 6.45) is 1.58. The number of likely N-dealkylation sites (tertiary alicyclic amines) is 1. The normalized spacial score (nSPS) is 14.0. The molecule has 0 atom stereocenters. The van der Waals surface area contributed by atoms with E-state index in [-0.39, 0.29) is 11.9 Å². The number of carbonyl (C=O) groups is 1. The number of rotatable bonds is 3. The molecule has 6 nitrogen and oxygen atoms in total. The van der Waals surface area contributed by atoms with Gasteiger partial charge in [0.05, 0.1) is 12.1 Å². The van der Waals surface area contributed by atoms with E-state index in [0.29, 0.717) is 6.42 Å². The van der Waals surface area contributed by atoms with Crippen molar-refractivity contribution in [2.45, 2.75) is 12.8 Å². The van der Waals surface area contributed by atoms with Crippen LogP contribution in [0.1, 0.15) is 12.0 Å². The predicted molar refractivity (Wildman–Crippen MR) is 87.7 cm³/mol. The Morgan fingerprint density at radius 2 is 1.91 bits per heavy atom. The fourth-order valence-corrected chi connectivity index (χ4v) is 2.79. The molecule has 1 aromatic carbocycles. The van der Waals surface area contributed by atoms with Crippen molar-refractivity contribution in [3.05, 3.63) is 48.0 Å². The van der Waals surface area contributed by atoms with Crippen LogP contribution in [0.3, 0.4) is 0 Å². The van der Waals surface area contributed by atoms with Gasteiger partial charge in [0.2, 0.25) is 11.9 Å². The van der Waals surface area contributed by atoms with Crippen LogP contribution in [-0.4, -0.2) is 38.5 Å². The summed E-state index contributed by atoms with van der Waals surface area (Å²) in [5.74, 6) is 0.462. The Morgan fingerprint density at radius 3 is 2.61 bits per heavy atom. The largest absolute Gasteiger partial charge is 0.366 e. The lowest BCUT2D eigenvalue weighted by Crippen LogP contribution is -2.42. The number of anilines is 1. The molecule has 0 unspecified atom stereocenters. The van der Waals surface area contributed by atoms with E-state index in [1.165, 1.54) is 0 Å². The Balaban J connectivity index is 1.60. The second-order valence-corrected chi connectivity index (χ2v) is 5.76. The number of hydrogen-bond donors (Lipinski definition) is 1. The molecule has 6 heteroatoms. The molecule has 1 aliphatic heterocycles. The van der Waals surface area contributed by atoms with E-state index < -0.39 is 0 Å². The van der Waals surface area contributed by atoms with Crippen molar-refractivity contribution in [2.24, 2.45) is 0 Å². The minimum atomic E-state index is 0.204. The highest BCUT2D eigenvalue weighted by Crippen LogP contribution is 2.21. The molecule has 23 heavy (non-hydrogen) atoms. The monoisotopic (exact) mass is 307 g/mol. The van der Waals surface area contributed by atoms with E-state index in [2.05, 4.69) is 10.1 Å². The van der Waals surface area contributed by atoms with E-state index in [1.807, 2.05) is 47.4 Å². The molecule has 2 aromatic heterocycles. The van der Waals surface area contributed by atoms with E-state index in [1.54, 1.807) is 4.52 Å². The van der Waals surface area contributed by atoms with Gasteiger partial charge in [0.1, 0.15) is 0 Å². The Bertz CT molecular complexity index is 864. The molecule has 4 rings (SSSR count). The van der Waals surface area contributed by atoms with E-state index in [9.17, 15) is 4.79 Å². The van der Waals surface area contributed by atoms with E-state index in [4.69, 9.17) is 5.73 Å². The van der Waals surface area contributed by atoms with Gasteiger partial charge >= 0.3 is 0 Å². The van der Waals surface area contributed by atoms with Gasteiger partial charge in [0.15, 0.2) is 5.65 Å². The quantitative estimate of drug-likeness (QED) is 0.800. The Morgan fingerprint density at radius 1 is 1.13 bits per heavy atom. The SMILES string of the molecule is Nc1nc2cccc(-c3ccc(CC(=O)N4CCC4)cc3)n2n1. The Hall–Kier alpha value is -2.89. The first kappa shape index (κ1) is 13.8. The summed E-state index contributed by atoms with van der Waals surface area (Å²) in [5.41, 5.74) is 9.36. The molecule has 0 bridgehead atoms. The maximum absolute atomic E-state index is 12.0.